The molecule has 3 atom stereocenters. The summed E-state index contributed by atoms with van der Waals surface area (Å²) >= 11 is 0. The van der Waals surface area contributed by atoms with Crippen molar-refractivity contribution in [3.8, 4) is 0 Å². The van der Waals surface area contributed by atoms with Crippen LogP contribution in [0.1, 0.15) is 56.1 Å². The highest BCUT2D eigenvalue weighted by Crippen LogP contribution is 2.34. The fraction of sp³-hybridized carbons (Fsp3) is 0.556. The van der Waals surface area contributed by atoms with Crippen molar-refractivity contribution in [1.29, 1.82) is 0 Å². The highest BCUT2D eigenvalue weighted by atomic mass is 16.2. The Bertz CT molecular complexity index is 1580. The van der Waals surface area contributed by atoms with E-state index in [2.05, 4.69) is 56.2 Å². The van der Waals surface area contributed by atoms with Crippen molar-refractivity contribution in [2.75, 3.05) is 57.7 Å². The molecular formula is C36H48N8O3. The first-order valence-electron chi connectivity index (χ1n) is 17.5. The van der Waals surface area contributed by atoms with Gasteiger partial charge < -0.3 is 30.7 Å². The quantitative estimate of drug-likeness (QED) is 0.313. The van der Waals surface area contributed by atoms with Gasteiger partial charge in [-0.3, -0.25) is 14.7 Å². The molecule has 2 aromatic carbocycles. The standard InChI is InChI=1S/C36H48N8O3/c1-24(27-6-7-32-28(20-27)22-39-41-32)30(35(46)44-19-15-38-23-33(44)26-8-13-37-14-9-26)21-34(45)42-16-11-29(12-17-42)43-18-10-25-4-2-3-5-31(25)40-36(43)47/h2-7,20,22,24,26,29-30,33,37-38H,8-19,21,23H2,1H3,(H,39,41)(H,40,47). The number of hydrogen-bond acceptors (Lipinski definition) is 6. The van der Waals surface area contributed by atoms with Crippen LogP contribution in [0.5, 0.6) is 0 Å². The maximum Gasteiger partial charge on any atom is 0.322 e. The number of amides is 4. The Morgan fingerprint density at radius 3 is 2.60 bits per heavy atom. The van der Waals surface area contributed by atoms with Gasteiger partial charge in [0.25, 0.3) is 0 Å². The number of nitrogens with zero attached hydrogens (tertiary/aromatic N) is 4. The van der Waals surface area contributed by atoms with Crippen LogP contribution in [0.25, 0.3) is 10.9 Å². The predicted molar refractivity (Wildman–Crippen MR) is 182 cm³/mol. The first-order valence-corrected chi connectivity index (χ1v) is 17.5. The third-order valence-corrected chi connectivity index (χ3v) is 11.2. The van der Waals surface area contributed by atoms with Crippen LogP contribution >= 0.6 is 0 Å². The van der Waals surface area contributed by atoms with Crippen molar-refractivity contribution in [1.82, 2.24) is 35.5 Å². The Hall–Kier alpha value is -3.96. The number of carbonyl (C=O) groups excluding carboxylic acids is 3. The molecule has 3 saturated heterocycles. The van der Waals surface area contributed by atoms with Crippen LogP contribution in [0.4, 0.5) is 10.5 Å². The highest BCUT2D eigenvalue weighted by Gasteiger charge is 2.40. The normalized spacial score (nSPS) is 22.8. The summed E-state index contributed by atoms with van der Waals surface area (Å²) < 4.78 is 0. The summed E-state index contributed by atoms with van der Waals surface area (Å²) in [6.07, 6.45) is 6.38. The van der Waals surface area contributed by atoms with Crippen LogP contribution in [0, 0.1) is 11.8 Å². The molecule has 7 rings (SSSR count). The summed E-state index contributed by atoms with van der Waals surface area (Å²) in [6, 6.07) is 14.3. The van der Waals surface area contributed by atoms with E-state index in [0.717, 1.165) is 86.0 Å². The second-order valence-electron chi connectivity index (χ2n) is 13.8. The van der Waals surface area contributed by atoms with E-state index in [-0.39, 0.29) is 42.3 Å². The maximum atomic E-state index is 14.7. The van der Waals surface area contributed by atoms with Crippen molar-refractivity contribution in [2.45, 2.75) is 63.5 Å². The number of rotatable bonds is 7. The average molecular weight is 641 g/mol. The number of aromatic amines is 1. The number of fused-ring (bicyclic) bond motifs is 2. The number of nitrogens with one attached hydrogen (secondary N) is 4. The minimum Gasteiger partial charge on any atom is -0.343 e. The lowest BCUT2D eigenvalue weighted by Gasteiger charge is -2.44. The first-order chi connectivity index (χ1) is 23.0. The average Bonchev–Trinajstić information content (AvgIpc) is 3.52. The molecular weight excluding hydrogens is 592 g/mol. The van der Waals surface area contributed by atoms with E-state index in [4.69, 9.17) is 0 Å². The zero-order valence-corrected chi connectivity index (χ0v) is 27.4. The van der Waals surface area contributed by atoms with Gasteiger partial charge in [-0.25, -0.2) is 4.79 Å². The molecule has 11 nitrogen and oxygen atoms in total. The van der Waals surface area contributed by atoms with Crippen molar-refractivity contribution >= 4 is 34.4 Å². The number of aromatic nitrogens is 2. The highest BCUT2D eigenvalue weighted by molar-refractivity contribution is 5.91. The fourth-order valence-corrected chi connectivity index (χ4v) is 8.30. The summed E-state index contributed by atoms with van der Waals surface area (Å²) in [4.78, 5) is 47.9. The number of hydrogen-bond donors (Lipinski definition) is 4. The number of carbonyl (C=O) groups is 3. The molecule has 3 aromatic rings. The number of piperazine rings is 1. The summed E-state index contributed by atoms with van der Waals surface area (Å²) in [5.41, 5.74) is 4.04. The van der Waals surface area contributed by atoms with Crippen molar-refractivity contribution in [3.05, 3.63) is 59.8 Å². The molecule has 11 heteroatoms. The zero-order chi connectivity index (χ0) is 32.3. The molecule has 5 heterocycles. The van der Waals surface area contributed by atoms with Crippen molar-refractivity contribution in [2.24, 2.45) is 11.8 Å². The van der Waals surface area contributed by atoms with Crippen LogP contribution in [0.15, 0.2) is 48.7 Å². The van der Waals surface area contributed by atoms with Crippen LogP contribution < -0.4 is 16.0 Å². The van der Waals surface area contributed by atoms with Crippen molar-refractivity contribution in [3.63, 3.8) is 0 Å². The van der Waals surface area contributed by atoms with Gasteiger partial charge in [-0.2, -0.15) is 5.10 Å². The van der Waals surface area contributed by atoms with Crippen LogP contribution in [0.3, 0.4) is 0 Å². The molecule has 3 fully saturated rings. The lowest BCUT2D eigenvalue weighted by Crippen LogP contribution is -2.59. The summed E-state index contributed by atoms with van der Waals surface area (Å²) in [5.74, 6) is -0.0424. The van der Waals surface area contributed by atoms with Gasteiger partial charge in [-0.1, -0.05) is 31.2 Å². The van der Waals surface area contributed by atoms with Crippen LogP contribution in [-0.4, -0.2) is 107 Å². The molecule has 0 spiro atoms. The molecule has 0 saturated carbocycles. The van der Waals surface area contributed by atoms with E-state index in [1.165, 1.54) is 0 Å². The van der Waals surface area contributed by atoms with Gasteiger partial charge in [-0.05, 0) is 86.4 Å². The second-order valence-corrected chi connectivity index (χ2v) is 13.8. The monoisotopic (exact) mass is 640 g/mol. The lowest BCUT2D eigenvalue weighted by atomic mass is 9.81. The minimum absolute atomic E-state index is 0.0271. The summed E-state index contributed by atoms with van der Waals surface area (Å²) in [7, 11) is 0. The molecule has 1 aromatic heterocycles. The van der Waals surface area contributed by atoms with Gasteiger partial charge in [0.15, 0.2) is 0 Å². The van der Waals surface area contributed by atoms with E-state index < -0.39 is 5.92 Å². The predicted octanol–water partition coefficient (Wildman–Crippen LogP) is 3.55. The molecule has 47 heavy (non-hydrogen) atoms. The Kier molecular flexibility index (Phi) is 9.44. The minimum atomic E-state index is -0.471. The number of piperidine rings is 2. The van der Waals surface area contributed by atoms with Crippen molar-refractivity contribution < 1.29 is 14.4 Å². The largest absolute Gasteiger partial charge is 0.343 e. The Morgan fingerprint density at radius 1 is 0.957 bits per heavy atom. The van der Waals surface area contributed by atoms with E-state index in [1.54, 1.807) is 0 Å². The van der Waals surface area contributed by atoms with Gasteiger partial charge in [0.1, 0.15) is 0 Å². The van der Waals surface area contributed by atoms with E-state index in [0.29, 0.717) is 32.1 Å². The lowest BCUT2D eigenvalue weighted by molar-refractivity contribution is -0.146. The van der Waals surface area contributed by atoms with Crippen LogP contribution in [0.2, 0.25) is 0 Å². The van der Waals surface area contributed by atoms with Gasteiger partial charge in [0.05, 0.1) is 17.6 Å². The second kappa shape index (κ2) is 14.0. The Labute approximate surface area is 276 Å². The zero-order valence-electron chi connectivity index (χ0n) is 27.4. The molecule has 0 bridgehead atoms. The number of urea groups is 1. The molecule has 250 valence electrons. The Morgan fingerprint density at radius 2 is 1.77 bits per heavy atom. The Balaban J connectivity index is 1.06. The van der Waals surface area contributed by atoms with Gasteiger partial charge in [0.2, 0.25) is 11.8 Å². The third-order valence-electron chi connectivity index (χ3n) is 11.2. The smallest absolute Gasteiger partial charge is 0.322 e. The topological polar surface area (TPSA) is 126 Å². The van der Waals surface area contributed by atoms with Gasteiger partial charge >= 0.3 is 6.03 Å². The summed E-state index contributed by atoms with van der Waals surface area (Å²) in [6.45, 7) is 8.13. The van der Waals surface area contributed by atoms with E-state index >= 15 is 0 Å². The third kappa shape index (κ3) is 6.73. The number of para-hydroxylation sites is 1. The molecule has 0 aliphatic carbocycles. The van der Waals surface area contributed by atoms with Gasteiger partial charge in [-0.15, -0.1) is 0 Å². The number of anilines is 1. The summed E-state index contributed by atoms with van der Waals surface area (Å²) in [5, 5.41) is 18.3. The fourth-order valence-electron chi connectivity index (χ4n) is 8.30. The molecule has 4 amide bonds. The van der Waals surface area contributed by atoms with Crippen LogP contribution in [-0.2, 0) is 16.0 Å². The van der Waals surface area contributed by atoms with E-state index in [1.807, 2.05) is 40.3 Å². The van der Waals surface area contributed by atoms with Gasteiger partial charge in [0, 0.05) is 68.8 Å². The maximum absolute atomic E-state index is 14.7. The van der Waals surface area contributed by atoms with E-state index in [9.17, 15) is 14.4 Å². The number of likely N-dealkylation sites (tertiary alicyclic amines) is 1. The molecule has 4 aliphatic rings. The molecule has 3 unspecified atom stereocenters. The molecule has 0 radical (unpaired) electrons. The number of H-pyrrole nitrogens is 1. The molecule has 4 N–H and O–H groups in total. The number of benzene rings is 2. The first kappa shape index (κ1) is 31.6. The molecule has 4 aliphatic heterocycles. The SMILES string of the molecule is CC(c1ccc2[nH]ncc2c1)C(CC(=O)N1CCC(N2CCc3ccccc3NC2=O)CC1)C(=O)N1CCNCC1C1CCNCC1.